The van der Waals surface area contributed by atoms with Crippen LogP contribution < -0.4 is 0 Å². The molecule has 1 saturated heterocycles. The summed E-state index contributed by atoms with van der Waals surface area (Å²) in [6, 6.07) is 11.8. The van der Waals surface area contributed by atoms with Crippen molar-refractivity contribution in [1.82, 2.24) is 10.0 Å². The molecule has 1 aliphatic rings. The molecule has 0 bridgehead atoms. The van der Waals surface area contributed by atoms with E-state index in [1.807, 2.05) is 6.07 Å². The predicted molar refractivity (Wildman–Crippen MR) is 119 cm³/mol. The van der Waals surface area contributed by atoms with Crippen LogP contribution in [-0.4, -0.2) is 45.9 Å². The minimum Gasteiger partial charge on any atom is -0.481 e. The summed E-state index contributed by atoms with van der Waals surface area (Å²) in [5.74, 6) is -1.92. The van der Waals surface area contributed by atoms with Crippen LogP contribution in [-0.2, 0) is 33.5 Å². The van der Waals surface area contributed by atoms with Gasteiger partial charge in [-0.25, -0.2) is 5.01 Å². The number of alkyl halides is 3. The van der Waals surface area contributed by atoms with Crippen molar-refractivity contribution in [3.05, 3.63) is 70.8 Å². The Labute approximate surface area is 195 Å². The maximum Gasteiger partial charge on any atom is 0.416 e. The minimum absolute atomic E-state index is 0.0896. The summed E-state index contributed by atoms with van der Waals surface area (Å²) in [7, 11) is 0. The summed E-state index contributed by atoms with van der Waals surface area (Å²) < 4.78 is 38.7. The van der Waals surface area contributed by atoms with Crippen LogP contribution in [0.15, 0.2) is 48.5 Å². The van der Waals surface area contributed by atoms with Gasteiger partial charge in [-0.1, -0.05) is 42.5 Å². The Morgan fingerprint density at radius 3 is 2.50 bits per heavy atom. The molecule has 9 heteroatoms. The van der Waals surface area contributed by atoms with E-state index in [2.05, 4.69) is 0 Å². The van der Waals surface area contributed by atoms with Crippen molar-refractivity contribution in [3.8, 4) is 0 Å². The molecule has 1 aliphatic heterocycles. The molecule has 6 nitrogen and oxygen atoms in total. The van der Waals surface area contributed by atoms with Gasteiger partial charge < -0.3 is 5.11 Å². The number of carboxylic acids is 1. The lowest BCUT2D eigenvalue weighted by Gasteiger charge is -2.38. The number of hydrazine groups is 1. The number of benzene rings is 2. The number of halogens is 3. The highest BCUT2D eigenvalue weighted by Crippen LogP contribution is 2.29. The fourth-order valence-corrected chi connectivity index (χ4v) is 3.94. The van der Waals surface area contributed by atoms with Gasteiger partial charge in [0.05, 0.1) is 18.0 Å². The molecule has 34 heavy (non-hydrogen) atoms. The second-order valence-corrected chi connectivity index (χ2v) is 8.48. The van der Waals surface area contributed by atoms with E-state index in [0.29, 0.717) is 30.5 Å². The average molecular weight is 476 g/mol. The fourth-order valence-electron chi connectivity index (χ4n) is 3.94. The fraction of sp³-hybridized carbons (Fsp3) is 0.400. The van der Waals surface area contributed by atoms with Crippen LogP contribution in [0.2, 0.25) is 0 Å². The van der Waals surface area contributed by atoms with Gasteiger partial charge in [0, 0.05) is 32.4 Å². The lowest BCUT2D eigenvalue weighted by atomic mass is 9.99. The van der Waals surface area contributed by atoms with Crippen LogP contribution in [0.3, 0.4) is 0 Å². The van der Waals surface area contributed by atoms with Crippen LogP contribution >= 0.6 is 0 Å². The molecular formula is C25H27F3N2O4. The van der Waals surface area contributed by atoms with E-state index in [4.69, 9.17) is 0 Å². The molecule has 0 aromatic heterocycles. The SMILES string of the molecule is CC(C(=O)O)c1cccc(CN2C(=O)CCCN2CCC(=O)Cc2cccc(C(F)(F)F)c2)c1. The highest BCUT2D eigenvalue weighted by molar-refractivity contribution is 5.81. The number of hydrogen-bond donors (Lipinski definition) is 1. The molecular weight excluding hydrogens is 449 g/mol. The van der Waals surface area contributed by atoms with E-state index in [1.165, 1.54) is 12.1 Å². The van der Waals surface area contributed by atoms with Crippen molar-refractivity contribution in [3.63, 3.8) is 0 Å². The molecule has 3 rings (SSSR count). The number of aliphatic carboxylic acids is 1. The number of rotatable bonds is 9. The highest BCUT2D eigenvalue weighted by atomic mass is 19.4. The van der Waals surface area contributed by atoms with Gasteiger partial charge in [0.1, 0.15) is 5.78 Å². The van der Waals surface area contributed by atoms with Crippen molar-refractivity contribution >= 4 is 17.7 Å². The van der Waals surface area contributed by atoms with Gasteiger partial charge in [0.25, 0.3) is 0 Å². The maximum atomic E-state index is 12.9. The zero-order chi connectivity index (χ0) is 24.9. The Kier molecular flexibility index (Phi) is 8.09. The van der Waals surface area contributed by atoms with E-state index in [-0.39, 0.29) is 37.6 Å². The molecule has 0 saturated carbocycles. The average Bonchev–Trinajstić information content (AvgIpc) is 2.78. The summed E-state index contributed by atoms with van der Waals surface area (Å²) >= 11 is 0. The van der Waals surface area contributed by atoms with Gasteiger partial charge in [-0.2, -0.15) is 13.2 Å². The smallest absolute Gasteiger partial charge is 0.416 e. The second-order valence-electron chi connectivity index (χ2n) is 8.48. The van der Waals surface area contributed by atoms with Crippen LogP contribution in [0, 0.1) is 0 Å². The Morgan fingerprint density at radius 2 is 1.79 bits per heavy atom. The molecule has 0 radical (unpaired) electrons. The minimum atomic E-state index is -4.46. The van der Waals surface area contributed by atoms with Crippen LogP contribution in [0.5, 0.6) is 0 Å². The summed E-state index contributed by atoms with van der Waals surface area (Å²) in [5, 5.41) is 12.6. The summed E-state index contributed by atoms with van der Waals surface area (Å²) in [6.07, 6.45) is -3.46. The number of nitrogens with zero attached hydrogens (tertiary/aromatic N) is 2. The number of carbonyl (C=O) groups is 3. The molecule has 2 aromatic rings. The second kappa shape index (κ2) is 10.8. The van der Waals surface area contributed by atoms with Crippen molar-refractivity contribution in [1.29, 1.82) is 0 Å². The van der Waals surface area contributed by atoms with Crippen molar-refractivity contribution < 1.29 is 32.7 Å². The highest BCUT2D eigenvalue weighted by Gasteiger charge is 2.31. The summed E-state index contributed by atoms with van der Waals surface area (Å²) in [5.41, 5.74) is 0.930. The third-order valence-electron chi connectivity index (χ3n) is 5.89. The lowest BCUT2D eigenvalue weighted by molar-refractivity contribution is -0.158. The van der Waals surface area contributed by atoms with Gasteiger partial charge >= 0.3 is 12.1 Å². The van der Waals surface area contributed by atoms with E-state index in [0.717, 1.165) is 17.7 Å². The monoisotopic (exact) mass is 476 g/mol. The first-order valence-corrected chi connectivity index (χ1v) is 11.1. The van der Waals surface area contributed by atoms with Gasteiger partial charge in [-0.3, -0.25) is 19.4 Å². The van der Waals surface area contributed by atoms with Gasteiger partial charge in [0.2, 0.25) is 5.91 Å². The summed E-state index contributed by atoms with van der Waals surface area (Å²) in [6.45, 7) is 2.69. The van der Waals surface area contributed by atoms with E-state index >= 15 is 0 Å². The van der Waals surface area contributed by atoms with E-state index in [1.54, 1.807) is 35.1 Å². The third-order valence-corrected chi connectivity index (χ3v) is 5.89. The van der Waals surface area contributed by atoms with Gasteiger partial charge in [-0.15, -0.1) is 0 Å². The number of carboxylic acid groups (broad SMARTS) is 1. The Balaban J connectivity index is 1.63. The largest absolute Gasteiger partial charge is 0.481 e. The zero-order valence-electron chi connectivity index (χ0n) is 18.8. The molecule has 0 spiro atoms. The van der Waals surface area contributed by atoms with Crippen LogP contribution in [0.25, 0.3) is 0 Å². The first kappa shape index (κ1) is 25.4. The normalized spacial score (nSPS) is 15.9. The molecule has 1 fully saturated rings. The lowest BCUT2D eigenvalue weighted by Crippen LogP contribution is -2.50. The first-order chi connectivity index (χ1) is 16.0. The topological polar surface area (TPSA) is 77.9 Å². The molecule has 1 heterocycles. The van der Waals surface area contributed by atoms with Crippen LogP contribution in [0.1, 0.15) is 54.4 Å². The molecule has 1 atom stereocenters. The molecule has 1 amide bonds. The third kappa shape index (κ3) is 6.66. The van der Waals surface area contributed by atoms with Crippen molar-refractivity contribution in [2.45, 2.75) is 51.2 Å². The maximum absolute atomic E-state index is 12.9. The van der Waals surface area contributed by atoms with Gasteiger partial charge in [-0.05, 0) is 36.1 Å². The van der Waals surface area contributed by atoms with Gasteiger partial charge in [0.15, 0.2) is 0 Å². The van der Waals surface area contributed by atoms with Crippen LogP contribution in [0.4, 0.5) is 13.2 Å². The predicted octanol–water partition coefficient (Wildman–Crippen LogP) is 4.43. The Hall–Kier alpha value is -3.20. The molecule has 182 valence electrons. The van der Waals surface area contributed by atoms with Crippen molar-refractivity contribution in [2.75, 3.05) is 13.1 Å². The Morgan fingerprint density at radius 1 is 1.09 bits per heavy atom. The number of Topliss-reactive ketones (excluding diaryl/α,β-unsaturated/α-hetero) is 1. The molecule has 2 aromatic carbocycles. The standard InChI is InChI=1S/C25H27F3N2O4/c1-17(24(33)34)20-7-2-6-19(13-20)16-30-23(32)9-4-11-29(30)12-10-22(31)15-18-5-3-8-21(14-18)25(26,27)28/h2-3,5-8,13-14,17H,4,9-12,15-16H2,1H3,(H,33,34). The first-order valence-electron chi connectivity index (χ1n) is 11.1. The van der Waals surface area contributed by atoms with E-state index in [9.17, 15) is 32.7 Å². The summed E-state index contributed by atoms with van der Waals surface area (Å²) in [4.78, 5) is 36.4. The molecule has 0 aliphatic carbocycles. The number of carbonyl (C=O) groups excluding carboxylic acids is 2. The zero-order valence-corrected chi connectivity index (χ0v) is 18.8. The number of ketones is 1. The molecule has 1 N–H and O–H groups in total. The number of hydrogen-bond acceptors (Lipinski definition) is 4. The van der Waals surface area contributed by atoms with Crippen molar-refractivity contribution in [2.24, 2.45) is 0 Å². The number of amides is 1. The Bertz CT molecular complexity index is 1050. The molecule has 1 unspecified atom stereocenters. The quantitative estimate of drug-likeness (QED) is 0.579. The van der Waals surface area contributed by atoms with E-state index < -0.39 is 23.6 Å².